The van der Waals surface area contributed by atoms with Crippen LogP contribution in [-0.2, 0) is 13.2 Å². The second-order valence-corrected chi connectivity index (χ2v) is 10.3. The highest BCUT2D eigenvalue weighted by Gasteiger charge is 2.57. The van der Waals surface area contributed by atoms with Crippen LogP contribution in [0.5, 0.6) is 0 Å². The lowest BCUT2D eigenvalue weighted by Gasteiger charge is -2.16. The minimum Gasteiger partial charge on any atom is -0.328 e. The first kappa shape index (κ1) is 25.8. The lowest BCUT2D eigenvalue weighted by atomic mass is 9.97. The van der Waals surface area contributed by atoms with Crippen LogP contribution in [0.15, 0.2) is 52.5 Å². The van der Waals surface area contributed by atoms with Gasteiger partial charge in [0, 0.05) is 25.5 Å². The monoisotopic (exact) mass is 525 g/mol. The standard InChI is InChI=1S/C24H26F3N5OS.ClH/c1-31-20(18-4-2-10-28-21(18)33)29-30-22(31)34-13-3-11-32-12-9-23(15-32)14-19(23)16-5-7-17(8-6-16)24(25,26)27;/h2,4-8,10,19H,3,9,11-15H2,1H3,(H,28,33);1H. The Bertz CT molecular complexity index is 1230. The Hall–Kier alpha value is -2.30. The molecule has 3 aromatic rings. The molecule has 0 amide bonds. The molecular weight excluding hydrogens is 499 g/mol. The summed E-state index contributed by atoms with van der Waals surface area (Å²) in [4.78, 5) is 17.1. The van der Waals surface area contributed by atoms with Gasteiger partial charge in [0.1, 0.15) is 0 Å². The van der Waals surface area contributed by atoms with Crippen LogP contribution in [0.4, 0.5) is 13.2 Å². The number of nitrogens with zero attached hydrogens (tertiary/aromatic N) is 4. The number of hydrogen-bond acceptors (Lipinski definition) is 5. The maximum absolute atomic E-state index is 12.8. The summed E-state index contributed by atoms with van der Waals surface area (Å²) < 4.78 is 40.3. The number of halogens is 4. The van der Waals surface area contributed by atoms with E-state index >= 15 is 0 Å². The van der Waals surface area contributed by atoms with E-state index in [-0.39, 0.29) is 23.4 Å². The van der Waals surface area contributed by atoms with Crippen LogP contribution in [0.1, 0.15) is 36.3 Å². The summed E-state index contributed by atoms with van der Waals surface area (Å²) in [5.41, 5.74) is 0.988. The minimum atomic E-state index is -4.28. The van der Waals surface area contributed by atoms with E-state index in [4.69, 9.17) is 0 Å². The Morgan fingerprint density at radius 1 is 1.20 bits per heavy atom. The molecule has 1 N–H and O–H groups in total. The van der Waals surface area contributed by atoms with E-state index < -0.39 is 11.7 Å². The van der Waals surface area contributed by atoms with Gasteiger partial charge < -0.3 is 14.5 Å². The molecule has 1 saturated carbocycles. The van der Waals surface area contributed by atoms with Crippen molar-refractivity contribution >= 4 is 24.2 Å². The number of rotatable bonds is 7. The molecule has 35 heavy (non-hydrogen) atoms. The van der Waals surface area contributed by atoms with Gasteiger partial charge in [-0.25, -0.2) is 0 Å². The minimum absolute atomic E-state index is 0. The van der Waals surface area contributed by atoms with Gasteiger partial charge in [0.25, 0.3) is 5.56 Å². The third-order valence-corrected chi connectivity index (χ3v) is 8.14. The van der Waals surface area contributed by atoms with Crippen molar-refractivity contribution in [3.8, 4) is 11.4 Å². The van der Waals surface area contributed by atoms with Crippen LogP contribution in [0.2, 0.25) is 0 Å². The Labute approximate surface area is 211 Å². The zero-order chi connectivity index (χ0) is 23.9. The van der Waals surface area contributed by atoms with Crippen LogP contribution in [0.3, 0.4) is 0 Å². The van der Waals surface area contributed by atoms with Crippen molar-refractivity contribution in [3.05, 3.63) is 64.1 Å². The highest BCUT2D eigenvalue weighted by Crippen LogP contribution is 2.64. The molecule has 2 unspecified atom stereocenters. The van der Waals surface area contributed by atoms with Gasteiger partial charge in [0.05, 0.1) is 11.1 Å². The lowest BCUT2D eigenvalue weighted by molar-refractivity contribution is -0.137. The molecule has 2 fully saturated rings. The van der Waals surface area contributed by atoms with Gasteiger partial charge >= 0.3 is 6.18 Å². The van der Waals surface area contributed by atoms with Crippen LogP contribution in [0.25, 0.3) is 11.4 Å². The summed E-state index contributed by atoms with van der Waals surface area (Å²) >= 11 is 1.63. The number of benzene rings is 1. The number of pyridine rings is 1. The summed E-state index contributed by atoms with van der Waals surface area (Å²) in [5.74, 6) is 1.81. The van der Waals surface area contributed by atoms with E-state index in [0.717, 1.165) is 55.4 Å². The van der Waals surface area contributed by atoms with Crippen molar-refractivity contribution in [2.45, 2.75) is 36.5 Å². The maximum Gasteiger partial charge on any atom is 0.416 e. The molecule has 5 rings (SSSR count). The van der Waals surface area contributed by atoms with Crippen molar-refractivity contribution in [2.24, 2.45) is 12.5 Å². The average molecular weight is 526 g/mol. The van der Waals surface area contributed by atoms with Crippen molar-refractivity contribution in [2.75, 3.05) is 25.4 Å². The van der Waals surface area contributed by atoms with Crippen LogP contribution < -0.4 is 5.56 Å². The number of H-pyrrole nitrogens is 1. The topological polar surface area (TPSA) is 66.8 Å². The Morgan fingerprint density at radius 2 is 1.97 bits per heavy atom. The van der Waals surface area contributed by atoms with Crippen molar-refractivity contribution < 1.29 is 13.2 Å². The van der Waals surface area contributed by atoms with E-state index in [1.807, 2.05) is 11.6 Å². The Kier molecular flexibility index (Phi) is 7.36. The van der Waals surface area contributed by atoms with Crippen molar-refractivity contribution in [1.29, 1.82) is 0 Å². The number of aromatic nitrogens is 4. The highest BCUT2D eigenvalue weighted by atomic mass is 35.5. The molecule has 2 aliphatic rings. The Morgan fingerprint density at radius 3 is 2.69 bits per heavy atom. The summed E-state index contributed by atoms with van der Waals surface area (Å²) in [5, 5.41) is 9.20. The molecule has 1 spiro atoms. The molecule has 1 aliphatic heterocycles. The predicted octanol–water partition coefficient (Wildman–Crippen LogP) is 4.97. The maximum atomic E-state index is 12.8. The number of thioether (sulfide) groups is 1. The van der Waals surface area contributed by atoms with Gasteiger partial charge in [-0.05, 0) is 73.5 Å². The van der Waals surface area contributed by atoms with Gasteiger partial charge in [0.2, 0.25) is 0 Å². The molecule has 6 nitrogen and oxygen atoms in total. The zero-order valence-electron chi connectivity index (χ0n) is 19.2. The fraction of sp³-hybridized carbons (Fsp3) is 0.458. The van der Waals surface area contributed by atoms with Crippen LogP contribution >= 0.6 is 24.2 Å². The summed E-state index contributed by atoms with van der Waals surface area (Å²) in [7, 11) is 1.86. The third-order valence-electron chi connectivity index (χ3n) is 7.04. The predicted molar refractivity (Wildman–Crippen MR) is 132 cm³/mol. The lowest BCUT2D eigenvalue weighted by Crippen LogP contribution is -2.23. The van der Waals surface area contributed by atoms with Gasteiger partial charge in [-0.1, -0.05) is 23.9 Å². The van der Waals surface area contributed by atoms with Crippen molar-refractivity contribution in [1.82, 2.24) is 24.6 Å². The fourth-order valence-corrected chi connectivity index (χ4v) is 5.91. The molecular formula is C24H27ClF3N5OS. The molecule has 188 valence electrons. The van der Waals surface area contributed by atoms with E-state index in [0.29, 0.717) is 17.3 Å². The van der Waals surface area contributed by atoms with Gasteiger partial charge in [-0.3, -0.25) is 4.79 Å². The van der Waals surface area contributed by atoms with Crippen LogP contribution in [-0.4, -0.2) is 50.0 Å². The number of hydrogen-bond donors (Lipinski definition) is 1. The first-order valence-electron chi connectivity index (χ1n) is 11.4. The molecule has 2 aromatic heterocycles. The third kappa shape index (κ3) is 5.29. The first-order chi connectivity index (χ1) is 16.3. The second kappa shape index (κ2) is 9.99. The number of likely N-dealkylation sites (tertiary alicyclic amines) is 1. The second-order valence-electron chi connectivity index (χ2n) is 9.25. The average Bonchev–Trinajstić information content (AvgIpc) is 3.16. The van der Waals surface area contributed by atoms with E-state index in [1.54, 1.807) is 42.2 Å². The molecule has 0 bridgehead atoms. The summed E-state index contributed by atoms with van der Waals surface area (Å²) in [6.07, 6.45) is 0.467. The number of aromatic amines is 1. The molecule has 1 aliphatic carbocycles. The van der Waals surface area contributed by atoms with Crippen molar-refractivity contribution in [3.63, 3.8) is 0 Å². The molecule has 11 heteroatoms. The van der Waals surface area contributed by atoms with Gasteiger partial charge in [-0.15, -0.1) is 22.6 Å². The molecule has 1 saturated heterocycles. The van der Waals surface area contributed by atoms with Gasteiger partial charge in [-0.2, -0.15) is 13.2 Å². The molecule has 1 aromatic carbocycles. The normalized spacial score (nSPS) is 21.9. The smallest absolute Gasteiger partial charge is 0.328 e. The first-order valence-corrected chi connectivity index (χ1v) is 12.4. The quantitative estimate of drug-likeness (QED) is 0.348. The van der Waals surface area contributed by atoms with Gasteiger partial charge in [0.15, 0.2) is 11.0 Å². The number of nitrogens with one attached hydrogen (secondary N) is 1. The number of alkyl halides is 3. The Balaban J connectivity index is 0.00000289. The molecule has 2 atom stereocenters. The zero-order valence-corrected chi connectivity index (χ0v) is 20.8. The molecule has 3 heterocycles. The van der Waals surface area contributed by atoms with E-state index in [1.165, 1.54) is 12.1 Å². The largest absolute Gasteiger partial charge is 0.416 e. The summed E-state index contributed by atoms with van der Waals surface area (Å²) in [6, 6.07) is 9.22. The SMILES string of the molecule is Cl.Cn1c(SCCCN2CCC3(CC3c3ccc(C(F)(F)F)cc3)C2)nnc1-c1ccc[nH]c1=O. The molecule has 0 radical (unpaired) electrons. The van der Waals surface area contributed by atoms with E-state index in [2.05, 4.69) is 20.1 Å². The summed E-state index contributed by atoms with van der Waals surface area (Å²) in [6.45, 7) is 3.03. The fourth-order valence-electron chi connectivity index (χ4n) is 5.07. The van der Waals surface area contributed by atoms with E-state index in [9.17, 15) is 18.0 Å². The van der Waals surface area contributed by atoms with Crippen LogP contribution in [0, 0.1) is 5.41 Å². The highest BCUT2D eigenvalue weighted by molar-refractivity contribution is 7.99.